The van der Waals surface area contributed by atoms with Gasteiger partial charge in [-0.3, -0.25) is 4.79 Å². The summed E-state index contributed by atoms with van der Waals surface area (Å²) in [5, 5.41) is 9.69. The van der Waals surface area contributed by atoms with Crippen LogP contribution < -0.4 is 15.0 Å². The average Bonchev–Trinajstić information content (AvgIpc) is 2.98. The number of aromatic carboxylic acids is 1. The summed E-state index contributed by atoms with van der Waals surface area (Å²) in [6.07, 6.45) is 1.62. The van der Waals surface area contributed by atoms with E-state index in [9.17, 15) is 14.7 Å². The molecule has 3 rings (SSSR count). The van der Waals surface area contributed by atoms with Gasteiger partial charge in [0.1, 0.15) is 9.71 Å². The van der Waals surface area contributed by atoms with E-state index in [4.69, 9.17) is 21.1 Å². The normalized spacial score (nSPS) is 11.6. The largest absolute Gasteiger partial charge is 0.493 e. The number of ether oxygens (including phenoxy) is 2. The lowest BCUT2D eigenvalue weighted by molar-refractivity contribution is 0.0701. The Bertz CT molecular complexity index is 1130. The number of carbonyl (C=O) groups is 1. The lowest BCUT2D eigenvalue weighted by Crippen LogP contribution is -2.10. The van der Waals surface area contributed by atoms with E-state index >= 15 is 0 Å². The maximum atomic E-state index is 12.4. The molecule has 0 atom stereocenters. The highest BCUT2D eigenvalue weighted by Gasteiger charge is 2.19. The summed E-state index contributed by atoms with van der Waals surface area (Å²) in [5.41, 5.74) is 0.673. The van der Waals surface area contributed by atoms with Crippen molar-refractivity contribution in [3.8, 4) is 11.5 Å². The first-order valence-electron chi connectivity index (χ1n) is 7.72. The van der Waals surface area contributed by atoms with Gasteiger partial charge >= 0.3 is 5.97 Å². The molecule has 0 bridgehead atoms. The van der Waals surface area contributed by atoms with Crippen LogP contribution in [0.3, 0.4) is 0 Å². The number of aromatic nitrogens is 2. The number of aromatic amines is 1. The minimum absolute atomic E-state index is 0.0835. The van der Waals surface area contributed by atoms with E-state index in [0.29, 0.717) is 27.5 Å². The molecule has 0 aliphatic carbocycles. The van der Waals surface area contributed by atoms with Crippen LogP contribution in [0.4, 0.5) is 0 Å². The molecular formula is C18H15ClN2O5S. The number of benzene rings is 1. The standard InChI is InChI=1S/C18H15ClN2O5S/c1-8-13-16(22)20-15(21-17(13)27-14(8)18(23)24)10(19)6-9-4-5-11(25-2)12(7-9)26-3/h4-7H,1-3H3,(H,23,24)(H,20,21,22)/b10-6-. The van der Waals surface area contributed by atoms with Crippen molar-refractivity contribution in [2.75, 3.05) is 14.2 Å². The molecule has 7 nitrogen and oxygen atoms in total. The molecule has 2 aromatic heterocycles. The van der Waals surface area contributed by atoms with Crippen molar-refractivity contribution >= 4 is 50.2 Å². The number of aryl methyl sites for hydroxylation is 1. The minimum atomic E-state index is -1.09. The van der Waals surface area contributed by atoms with Crippen molar-refractivity contribution in [3.63, 3.8) is 0 Å². The van der Waals surface area contributed by atoms with E-state index in [1.54, 1.807) is 38.3 Å². The Kier molecular flexibility index (Phi) is 5.20. The molecule has 0 unspecified atom stereocenters. The van der Waals surface area contributed by atoms with E-state index < -0.39 is 11.5 Å². The second-order valence-electron chi connectivity index (χ2n) is 5.56. The van der Waals surface area contributed by atoms with E-state index in [1.165, 1.54) is 7.11 Å². The highest BCUT2D eigenvalue weighted by molar-refractivity contribution is 7.20. The zero-order valence-electron chi connectivity index (χ0n) is 14.6. The summed E-state index contributed by atoms with van der Waals surface area (Å²) in [4.78, 5) is 31.0. The third kappa shape index (κ3) is 3.54. The molecule has 3 aromatic rings. The van der Waals surface area contributed by atoms with Crippen molar-refractivity contribution in [2.45, 2.75) is 6.92 Å². The number of hydrogen-bond acceptors (Lipinski definition) is 6. The summed E-state index contributed by atoms with van der Waals surface area (Å²) < 4.78 is 10.4. The number of carboxylic acids is 1. The lowest BCUT2D eigenvalue weighted by Gasteiger charge is -2.08. The van der Waals surface area contributed by atoms with Gasteiger partial charge in [0.15, 0.2) is 17.3 Å². The quantitative estimate of drug-likeness (QED) is 0.669. The number of thiophene rings is 1. The van der Waals surface area contributed by atoms with Crippen molar-refractivity contribution in [3.05, 3.63) is 50.4 Å². The van der Waals surface area contributed by atoms with Crippen LogP contribution in [0.25, 0.3) is 21.3 Å². The summed E-state index contributed by atoms with van der Waals surface area (Å²) in [6.45, 7) is 1.58. The van der Waals surface area contributed by atoms with Crippen LogP contribution >= 0.6 is 22.9 Å². The maximum Gasteiger partial charge on any atom is 0.346 e. The number of methoxy groups -OCH3 is 2. The van der Waals surface area contributed by atoms with E-state index in [1.807, 2.05) is 0 Å². The predicted molar refractivity (Wildman–Crippen MR) is 105 cm³/mol. The number of nitrogens with zero attached hydrogens (tertiary/aromatic N) is 1. The van der Waals surface area contributed by atoms with Crippen LogP contribution in [0.2, 0.25) is 0 Å². The Morgan fingerprint density at radius 2 is 2.00 bits per heavy atom. The number of halogens is 1. The molecule has 2 heterocycles. The van der Waals surface area contributed by atoms with Gasteiger partial charge < -0.3 is 19.6 Å². The molecule has 0 aliphatic heterocycles. The Hall–Kier alpha value is -2.84. The van der Waals surface area contributed by atoms with Gasteiger partial charge in [0.05, 0.1) is 24.6 Å². The number of nitrogens with one attached hydrogen (secondary N) is 1. The maximum absolute atomic E-state index is 12.4. The van der Waals surface area contributed by atoms with Gasteiger partial charge in [0.2, 0.25) is 0 Å². The molecule has 0 amide bonds. The average molecular weight is 407 g/mol. The Morgan fingerprint density at radius 1 is 1.30 bits per heavy atom. The summed E-state index contributed by atoms with van der Waals surface area (Å²) in [5.74, 6) is 0.173. The van der Waals surface area contributed by atoms with Crippen LogP contribution in [0.5, 0.6) is 11.5 Å². The molecule has 2 N–H and O–H groups in total. The van der Waals surface area contributed by atoms with Gasteiger partial charge in [-0.2, -0.15) is 0 Å². The molecule has 1 aromatic carbocycles. The first-order valence-corrected chi connectivity index (χ1v) is 8.91. The molecule has 140 valence electrons. The van der Waals surface area contributed by atoms with Gasteiger partial charge in [-0.25, -0.2) is 9.78 Å². The highest BCUT2D eigenvalue weighted by Crippen LogP contribution is 2.31. The van der Waals surface area contributed by atoms with Gasteiger partial charge in [0.25, 0.3) is 5.56 Å². The SMILES string of the molecule is COc1ccc(/C=C(\Cl)c2nc3sc(C(=O)O)c(C)c3c(=O)[nH]2)cc1OC. The Morgan fingerprint density at radius 3 is 2.63 bits per heavy atom. The van der Waals surface area contributed by atoms with Crippen molar-refractivity contribution < 1.29 is 19.4 Å². The number of hydrogen-bond donors (Lipinski definition) is 2. The van der Waals surface area contributed by atoms with Crippen LogP contribution in [-0.2, 0) is 0 Å². The zero-order chi connectivity index (χ0) is 19.7. The van der Waals surface area contributed by atoms with Gasteiger partial charge in [-0.1, -0.05) is 17.7 Å². The second-order valence-corrected chi connectivity index (χ2v) is 6.97. The molecule has 0 saturated heterocycles. The van der Waals surface area contributed by atoms with E-state index in [2.05, 4.69) is 9.97 Å². The number of H-pyrrole nitrogens is 1. The molecule has 27 heavy (non-hydrogen) atoms. The van der Waals surface area contributed by atoms with E-state index in [-0.39, 0.29) is 21.1 Å². The summed E-state index contributed by atoms with van der Waals surface area (Å²) in [7, 11) is 3.07. The summed E-state index contributed by atoms with van der Waals surface area (Å²) >= 11 is 7.28. The van der Waals surface area contributed by atoms with Gasteiger partial charge in [-0.05, 0) is 36.3 Å². The van der Waals surface area contributed by atoms with Crippen molar-refractivity contribution in [2.24, 2.45) is 0 Å². The molecule has 0 aliphatic rings. The molecule has 0 fully saturated rings. The Labute approximate surface area is 162 Å². The zero-order valence-corrected chi connectivity index (χ0v) is 16.2. The van der Waals surface area contributed by atoms with Gasteiger partial charge in [-0.15, -0.1) is 11.3 Å². The lowest BCUT2D eigenvalue weighted by atomic mass is 10.2. The first-order chi connectivity index (χ1) is 12.8. The summed E-state index contributed by atoms with van der Waals surface area (Å²) in [6, 6.07) is 5.24. The van der Waals surface area contributed by atoms with Crippen LogP contribution in [0.1, 0.15) is 26.6 Å². The predicted octanol–water partition coefficient (Wildman–Crippen LogP) is 3.75. The van der Waals surface area contributed by atoms with Crippen molar-refractivity contribution in [1.82, 2.24) is 9.97 Å². The molecule has 0 spiro atoms. The van der Waals surface area contributed by atoms with Gasteiger partial charge in [0, 0.05) is 0 Å². The minimum Gasteiger partial charge on any atom is -0.493 e. The fourth-order valence-electron chi connectivity index (χ4n) is 2.62. The van der Waals surface area contributed by atoms with Crippen LogP contribution in [0.15, 0.2) is 23.0 Å². The third-order valence-electron chi connectivity index (χ3n) is 3.92. The third-order valence-corrected chi connectivity index (χ3v) is 5.38. The molecule has 0 radical (unpaired) electrons. The molecular weight excluding hydrogens is 392 g/mol. The van der Waals surface area contributed by atoms with Crippen molar-refractivity contribution in [1.29, 1.82) is 0 Å². The number of carboxylic acid groups (broad SMARTS) is 1. The Balaban J connectivity index is 2.08. The molecule has 0 saturated carbocycles. The number of rotatable bonds is 5. The second kappa shape index (κ2) is 7.42. The fraction of sp³-hybridized carbons (Fsp3) is 0.167. The fourth-order valence-corrected chi connectivity index (χ4v) is 3.85. The van der Waals surface area contributed by atoms with Crippen LogP contribution in [-0.4, -0.2) is 35.3 Å². The number of fused-ring (bicyclic) bond motifs is 1. The molecule has 9 heteroatoms. The first kappa shape index (κ1) is 18.9. The smallest absolute Gasteiger partial charge is 0.346 e. The monoisotopic (exact) mass is 406 g/mol. The van der Waals surface area contributed by atoms with Crippen LogP contribution in [0, 0.1) is 6.92 Å². The highest BCUT2D eigenvalue weighted by atomic mass is 35.5. The topological polar surface area (TPSA) is 102 Å². The van der Waals surface area contributed by atoms with E-state index in [0.717, 1.165) is 11.3 Å².